The molecule has 0 saturated carbocycles. The molecule has 2 N–H and O–H groups in total. The van der Waals surface area contributed by atoms with Crippen molar-refractivity contribution in [2.45, 2.75) is 45.3 Å². The molecule has 0 spiro atoms. The van der Waals surface area contributed by atoms with Crippen LogP contribution in [0.25, 0.3) is 0 Å². The molecule has 2 heterocycles. The Hall–Kier alpha value is -2.21. The lowest BCUT2D eigenvalue weighted by atomic mass is 10.0. The number of nitrogens with zero attached hydrogens (tertiary/aromatic N) is 2. The quantitative estimate of drug-likeness (QED) is 0.884. The lowest BCUT2D eigenvalue weighted by molar-refractivity contribution is -0.121. The Morgan fingerprint density at radius 3 is 3.04 bits per heavy atom. The summed E-state index contributed by atoms with van der Waals surface area (Å²) in [7, 11) is 0. The highest BCUT2D eigenvalue weighted by Gasteiger charge is 2.28. The summed E-state index contributed by atoms with van der Waals surface area (Å²) in [5.74, 6) is 0.791. The Labute approximate surface area is 135 Å². The van der Waals surface area contributed by atoms with Crippen LogP contribution in [0.2, 0.25) is 0 Å². The van der Waals surface area contributed by atoms with Crippen LogP contribution < -0.4 is 5.32 Å². The molecule has 1 aliphatic heterocycles. The molecule has 23 heavy (non-hydrogen) atoms. The van der Waals surface area contributed by atoms with Crippen LogP contribution in [0.3, 0.4) is 0 Å². The largest absolute Gasteiger partial charge is 0.365 e. The summed E-state index contributed by atoms with van der Waals surface area (Å²) in [6.45, 7) is 4.61. The molecule has 1 amide bonds. The second-order valence-corrected chi connectivity index (χ2v) is 6.11. The van der Waals surface area contributed by atoms with E-state index in [-0.39, 0.29) is 18.1 Å². The van der Waals surface area contributed by atoms with Gasteiger partial charge in [-0.2, -0.15) is 5.10 Å². The number of H-pyrrole nitrogens is 1. The van der Waals surface area contributed by atoms with E-state index < -0.39 is 0 Å². The number of benzene rings is 1. The Kier molecular flexibility index (Phi) is 4.71. The van der Waals surface area contributed by atoms with Crippen LogP contribution in [0.4, 0.5) is 0 Å². The van der Waals surface area contributed by atoms with Crippen molar-refractivity contribution in [1.29, 1.82) is 0 Å². The molecular weight excluding hydrogens is 292 g/mol. The number of carbonyl (C=O) groups excluding carboxylic acids is 1. The van der Waals surface area contributed by atoms with Crippen molar-refractivity contribution in [2.75, 3.05) is 6.54 Å². The molecule has 2 atom stereocenters. The average molecular weight is 314 g/mol. The van der Waals surface area contributed by atoms with Crippen molar-refractivity contribution >= 4 is 5.91 Å². The maximum atomic E-state index is 12.1. The van der Waals surface area contributed by atoms with Gasteiger partial charge in [0.15, 0.2) is 5.82 Å². The molecule has 0 unspecified atom stereocenters. The minimum atomic E-state index is -0.0431. The number of carbonyl (C=O) groups is 1. The van der Waals surface area contributed by atoms with E-state index >= 15 is 0 Å². The first kappa shape index (κ1) is 15.7. The van der Waals surface area contributed by atoms with Gasteiger partial charge < -0.3 is 10.1 Å². The zero-order valence-electron chi connectivity index (χ0n) is 13.5. The summed E-state index contributed by atoms with van der Waals surface area (Å²) in [4.78, 5) is 16.3. The maximum Gasteiger partial charge on any atom is 0.224 e. The monoisotopic (exact) mass is 314 g/mol. The fourth-order valence-corrected chi connectivity index (χ4v) is 2.88. The molecule has 1 fully saturated rings. The van der Waals surface area contributed by atoms with Gasteiger partial charge in [-0.25, -0.2) is 4.98 Å². The van der Waals surface area contributed by atoms with Gasteiger partial charge in [-0.15, -0.1) is 0 Å². The first-order valence-electron chi connectivity index (χ1n) is 7.95. The standard InChI is InChI=1S/C17H22N4O2/c1-11-3-4-12(2)13(7-11)8-16(22)18-9-14-5-6-15(23-14)17-19-10-20-21-17/h3-4,7,10,14-15H,5-6,8-9H2,1-2H3,(H,18,22)(H,19,20,21)/t14-,15+/m1/s1. The van der Waals surface area contributed by atoms with Crippen molar-refractivity contribution in [3.05, 3.63) is 47.0 Å². The molecule has 6 heteroatoms. The van der Waals surface area contributed by atoms with Crippen LogP contribution in [-0.2, 0) is 16.0 Å². The first-order valence-corrected chi connectivity index (χ1v) is 7.95. The first-order chi connectivity index (χ1) is 11.1. The van der Waals surface area contributed by atoms with E-state index in [1.54, 1.807) is 0 Å². The molecule has 2 aromatic rings. The minimum Gasteiger partial charge on any atom is -0.365 e. The molecule has 0 radical (unpaired) electrons. The van der Waals surface area contributed by atoms with Crippen LogP contribution in [0, 0.1) is 13.8 Å². The Morgan fingerprint density at radius 1 is 1.39 bits per heavy atom. The van der Waals surface area contributed by atoms with Crippen LogP contribution in [-0.4, -0.2) is 33.7 Å². The predicted molar refractivity (Wildman–Crippen MR) is 85.9 cm³/mol. The highest BCUT2D eigenvalue weighted by molar-refractivity contribution is 5.79. The lowest BCUT2D eigenvalue weighted by Gasteiger charge is -2.13. The second-order valence-electron chi connectivity index (χ2n) is 6.11. The number of aromatic amines is 1. The van der Waals surface area contributed by atoms with Crippen molar-refractivity contribution in [3.63, 3.8) is 0 Å². The van der Waals surface area contributed by atoms with Gasteiger partial charge in [-0.3, -0.25) is 9.89 Å². The number of aryl methyl sites for hydroxylation is 2. The molecular formula is C17H22N4O2. The van der Waals surface area contributed by atoms with Crippen molar-refractivity contribution in [1.82, 2.24) is 20.5 Å². The zero-order chi connectivity index (χ0) is 16.2. The van der Waals surface area contributed by atoms with Gasteiger partial charge in [-0.1, -0.05) is 23.8 Å². The van der Waals surface area contributed by atoms with Crippen molar-refractivity contribution in [3.8, 4) is 0 Å². The normalized spacial score (nSPS) is 20.6. The zero-order valence-corrected chi connectivity index (χ0v) is 13.5. The van der Waals surface area contributed by atoms with Crippen molar-refractivity contribution in [2.24, 2.45) is 0 Å². The van der Waals surface area contributed by atoms with E-state index in [0.717, 1.165) is 29.8 Å². The van der Waals surface area contributed by atoms with Crippen molar-refractivity contribution < 1.29 is 9.53 Å². The van der Waals surface area contributed by atoms with E-state index in [4.69, 9.17) is 4.74 Å². The number of aromatic nitrogens is 3. The Balaban J connectivity index is 1.47. The summed E-state index contributed by atoms with van der Waals surface area (Å²) < 4.78 is 5.90. The molecule has 1 aromatic heterocycles. The third kappa shape index (κ3) is 3.96. The van der Waals surface area contributed by atoms with E-state index in [1.807, 2.05) is 13.8 Å². The summed E-state index contributed by atoms with van der Waals surface area (Å²) in [5.41, 5.74) is 3.40. The number of hydrogen-bond acceptors (Lipinski definition) is 4. The van der Waals surface area contributed by atoms with Crippen LogP contribution >= 0.6 is 0 Å². The summed E-state index contributed by atoms with van der Waals surface area (Å²) in [6, 6.07) is 6.19. The molecule has 3 rings (SSSR count). The number of nitrogens with one attached hydrogen (secondary N) is 2. The van der Waals surface area contributed by atoms with Gasteiger partial charge in [-0.05, 0) is 37.8 Å². The van der Waals surface area contributed by atoms with Gasteiger partial charge in [0.1, 0.15) is 12.4 Å². The van der Waals surface area contributed by atoms with E-state index in [0.29, 0.717) is 13.0 Å². The highest BCUT2D eigenvalue weighted by Crippen LogP contribution is 2.29. The maximum absolute atomic E-state index is 12.1. The number of hydrogen-bond donors (Lipinski definition) is 2. The van der Waals surface area contributed by atoms with E-state index in [9.17, 15) is 4.79 Å². The number of amides is 1. The fourth-order valence-electron chi connectivity index (χ4n) is 2.88. The smallest absolute Gasteiger partial charge is 0.224 e. The van der Waals surface area contributed by atoms with Gasteiger partial charge in [0.25, 0.3) is 0 Å². The van der Waals surface area contributed by atoms with Gasteiger partial charge in [0.05, 0.1) is 12.5 Å². The van der Waals surface area contributed by atoms with Gasteiger partial charge in [0.2, 0.25) is 5.91 Å². The van der Waals surface area contributed by atoms with E-state index in [2.05, 4.69) is 38.7 Å². The van der Waals surface area contributed by atoms with Crippen LogP contribution in [0.5, 0.6) is 0 Å². The summed E-state index contributed by atoms with van der Waals surface area (Å²) in [6.07, 6.45) is 3.69. The molecule has 1 aromatic carbocycles. The number of ether oxygens (including phenoxy) is 1. The molecule has 1 aliphatic rings. The Morgan fingerprint density at radius 2 is 2.26 bits per heavy atom. The molecule has 6 nitrogen and oxygen atoms in total. The van der Waals surface area contributed by atoms with Crippen LogP contribution in [0.1, 0.15) is 41.5 Å². The Bertz CT molecular complexity index is 669. The highest BCUT2D eigenvalue weighted by atomic mass is 16.5. The predicted octanol–water partition coefficient (Wildman–Crippen LogP) is 2.00. The topological polar surface area (TPSA) is 79.9 Å². The third-order valence-corrected chi connectivity index (χ3v) is 4.23. The summed E-state index contributed by atoms with van der Waals surface area (Å²) in [5, 5.41) is 9.65. The number of rotatable bonds is 5. The molecule has 0 bridgehead atoms. The second kappa shape index (κ2) is 6.91. The SMILES string of the molecule is Cc1ccc(C)c(CC(=O)NC[C@H]2CC[C@@H](c3ncn[nH]3)O2)c1. The molecule has 1 saturated heterocycles. The fraction of sp³-hybridized carbons (Fsp3) is 0.471. The molecule has 122 valence electrons. The summed E-state index contributed by atoms with van der Waals surface area (Å²) >= 11 is 0. The van der Waals surface area contributed by atoms with Gasteiger partial charge >= 0.3 is 0 Å². The molecule has 0 aliphatic carbocycles. The van der Waals surface area contributed by atoms with Gasteiger partial charge in [0, 0.05) is 6.54 Å². The van der Waals surface area contributed by atoms with Crippen LogP contribution in [0.15, 0.2) is 24.5 Å². The average Bonchev–Trinajstić information content (AvgIpc) is 3.19. The minimum absolute atomic E-state index is 0.0328. The third-order valence-electron chi connectivity index (χ3n) is 4.23. The van der Waals surface area contributed by atoms with E-state index in [1.165, 1.54) is 11.9 Å². The lowest BCUT2D eigenvalue weighted by Crippen LogP contribution is -2.33.